The van der Waals surface area contributed by atoms with Crippen molar-refractivity contribution in [3.8, 4) is 0 Å². The number of fused-ring (bicyclic) bond motifs is 1. The summed E-state index contributed by atoms with van der Waals surface area (Å²) in [6.07, 6.45) is 2.88. The smallest absolute Gasteiger partial charge is 0.243 e. The first kappa shape index (κ1) is 23.9. The number of hydrogen-bond donors (Lipinski definition) is 1. The van der Waals surface area contributed by atoms with Crippen LogP contribution in [0.5, 0.6) is 0 Å². The summed E-state index contributed by atoms with van der Waals surface area (Å²) in [7, 11) is 1.46. The molecule has 1 aliphatic rings. The number of methoxy groups -OCH3 is 1. The van der Waals surface area contributed by atoms with Crippen molar-refractivity contribution in [2.24, 2.45) is 0 Å². The summed E-state index contributed by atoms with van der Waals surface area (Å²) in [4.78, 5) is 40.0. The molecule has 0 spiro atoms. The number of halogens is 2. The Hall–Kier alpha value is -3.23. The maximum atomic E-state index is 14.1. The maximum absolute atomic E-state index is 14.1. The third-order valence-electron chi connectivity index (χ3n) is 6.03. The number of aromatic nitrogens is 1. The topological polar surface area (TPSA) is 80.6 Å². The lowest BCUT2D eigenvalue weighted by atomic mass is 10.1. The van der Waals surface area contributed by atoms with Gasteiger partial charge in [0.25, 0.3) is 0 Å². The van der Waals surface area contributed by atoms with Crippen molar-refractivity contribution in [1.29, 1.82) is 0 Å². The Bertz CT molecular complexity index is 1240. The number of nitrogens with one attached hydrogen (secondary N) is 1. The largest absolute Gasteiger partial charge is 0.377 e. The normalized spacial score (nSPS) is 15.6. The van der Waals surface area contributed by atoms with Gasteiger partial charge in [0, 0.05) is 48.4 Å². The molecule has 4 rings (SSSR count). The fourth-order valence-electron chi connectivity index (χ4n) is 4.37. The van der Waals surface area contributed by atoms with Gasteiger partial charge in [0.2, 0.25) is 11.8 Å². The number of carbonyl (C=O) groups excluding carboxylic acids is 3. The van der Waals surface area contributed by atoms with Gasteiger partial charge < -0.3 is 19.5 Å². The average molecular weight is 486 g/mol. The second-order valence-corrected chi connectivity index (χ2v) is 8.63. The van der Waals surface area contributed by atoms with E-state index in [2.05, 4.69) is 5.32 Å². The summed E-state index contributed by atoms with van der Waals surface area (Å²) >= 11 is 5.81. The summed E-state index contributed by atoms with van der Waals surface area (Å²) in [6.45, 7) is 0.380. The third-order valence-corrected chi connectivity index (χ3v) is 6.32. The van der Waals surface area contributed by atoms with Crippen molar-refractivity contribution in [2.45, 2.75) is 32.0 Å². The van der Waals surface area contributed by atoms with Crippen LogP contribution in [0.15, 0.2) is 48.7 Å². The van der Waals surface area contributed by atoms with Gasteiger partial charge in [-0.2, -0.15) is 0 Å². The summed E-state index contributed by atoms with van der Waals surface area (Å²) < 4.78 is 20.8. The standard InChI is InChI=1S/C25H25ClFN3O4/c1-34-15-22(31)18-13-29(20-9-3-2-7-17(18)20)14-23(32)30-11-5-10-21(30)25(33)28-12-16-6-4-8-19(26)24(16)27/h2-4,6-9,13,21H,5,10-12,14-15H2,1H3,(H,28,33). The highest BCUT2D eigenvalue weighted by Crippen LogP contribution is 2.24. The Morgan fingerprint density at radius 1 is 1.18 bits per heavy atom. The molecule has 1 saturated heterocycles. The molecule has 1 aromatic heterocycles. The number of hydrogen-bond acceptors (Lipinski definition) is 4. The Labute approximate surface area is 201 Å². The fourth-order valence-corrected chi connectivity index (χ4v) is 4.56. The van der Waals surface area contributed by atoms with E-state index in [1.54, 1.807) is 27.8 Å². The van der Waals surface area contributed by atoms with Gasteiger partial charge in [-0.25, -0.2) is 4.39 Å². The van der Waals surface area contributed by atoms with E-state index in [1.165, 1.54) is 13.2 Å². The highest BCUT2D eigenvalue weighted by Gasteiger charge is 2.34. The van der Waals surface area contributed by atoms with Crippen molar-refractivity contribution in [3.05, 3.63) is 70.6 Å². The molecular weight excluding hydrogens is 461 g/mol. The maximum Gasteiger partial charge on any atom is 0.243 e. The first-order valence-corrected chi connectivity index (χ1v) is 11.4. The van der Waals surface area contributed by atoms with Gasteiger partial charge in [-0.3, -0.25) is 14.4 Å². The minimum atomic E-state index is -0.633. The molecule has 9 heteroatoms. The highest BCUT2D eigenvalue weighted by atomic mass is 35.5. The molecule has 3 aromatic rings. The van der Waals surface area contributed by atoms with Gasteiger partial charge in [-0.05, 0) is 25.0 Å². The molecule has 0 aliphatic carbocycles. The number of benzene rings is 2. The summed E-state index contributed by atoms with van der Waals surface area (Å²) in [5.74, 6) is -1.30. The van der Waals surface area contributed by atoms with E-state index in [4.69, 9.17) is 16.3 Å². The Balaban J connectivity index is 1.47. The molecule has 2 aromatic carbocycles. The van der Waals surface area contributed by atoms with Crippen LogP contribution in [0.1, 0.15) is 28.8 Å². The Morgan fingerprint density at radius 3 is 2.76 bits per heavy atom. The molecule has 178 valence electrons. The number of Topliss-reactive ketones (excluding diaryl/α,β-unsaturated/α-hetero) is 1. The Kier molecular flexibility index (Phi) is 7.29. The Morgan fingerprint density at radius 2 is 1.97 bits per heavy atom. The van der Waals surface area contributed by atoms with Crippen molar-refractivity contribution in [1.82, 2.24) is 14.8 Å². The predicted octanol–water partition coefficient (Wildman–Crippen LogP) is 3.57. The number of ketones is 1. The van der Waals surface area contributed by atoms with Crippen molar-refractivity contribution in [3.63, 3.8) is 0 Å². The van der Waals surface area contributed by atoms with Gasteiger partial charge >= 0.3 is 0 Å². The zero-order valence-corrected chi connectivity index (χ0v) is 19.5. The van der Waals surface area contributed by atoms with Crippen LogP contribution in [0.4, 0.5) is 4.39 Å². The molecule has 0 saturated carbocycles. The first-order valence-electron chi connectivity index (χ1n) is 11.0. The minimum absolute atomic E-state index is 0.00647. The molecule has 1 unspecified atom stereocenters. The molecule has 0 bridgehead atoms. The highest BCUT2D eigenvalue weighted by molar-refractivity contribution is 6.30. The monoisotopic (exact) mass is 485 g/mol. The molecule has 0 radical (unpaired) electrons. The van der Waals surface area contributed by atoms with Crippen LogP contribution in [0, 0.1) is 5.82 Å². The van der Waals surface area contributed by atoms with Gasteiger partial charge in [-0.15, -0.1) is 0 Å². The third kappa shape index (κ3) is 4.83. The number of likely N-dealkylation sites (tertiary alicyclic amines) is 1. The average Bonchev–Trinajstić information content (AvgIpc) is 3.46. The summed E-state index contributed by atoms with van der Waals surface area (Å²) in [5, 5.41) is 3.46. The lowest BCUT2D eigenvalue weighted by molar-refractivity contribution is -0.138. The lowest BCUT2D eigenvalue weighted by Crippen LogP contribution is -2.46. The van der Waals surface area contributed by atoms with E-state index in [0.717, 1.165) is 10.9 Å². The molecule has 1 fully saturated rings. The minimum Gasteiger partial charge on any atom is -0.377 e. The van der Waals surface area contributed by atoms with Crippen LogP contribution in [0.25, 0.3) is 10.9 Å². The number of carbonyl (C=O) groups is 3. The number of rotatable bonds is 8. The second kappa shape index (κ2) is 10.4. The van der Waals surface area contributed by atoms with Crippen LogP contribution >= 0.6 is 11.6 Å². The van der Waals surface area contributed by atoms with Crippen LogP contribution < -0.4 is 5.32 Å². The molecule has 34 heavy (non-hydrogen) atoms. The summed E-state index contributed by atoms with van der Waals surface area (Å²) in [5.41, 5.74) is 1.53. The van der Waals surface area contributed by atoms with Crippen molar-refractivity contribution >= 4 is 40.1 Å². The van der Waals surface area contributed by atoms with Crippen molar-refractivity contribution < 1.29 is 23.5 Å². The number of ether oxygens (including phenoxy) is 1. The summed E-state index contributed by atoms with van der Waals surface area (Å²) in [6, 6.07) is 11.3. The quantitative estimate of drug-likeness (QED) is 0.495. The van der Waals surface area contributed by atoms with Gasteiger partial charge in [-0.1, -0.05) is 41.9 Å². The van der Waals surface area contributed by atoms with Crippen LogP contribution in [-0.2, 0) is 27.4 Å². The first-order chi connectivity index (χ1) is 16.4. The van der Waals surface area contributed by atoms with Crippen LogP contribution in [-0.4, -0.2) is 53.4 Å². The van der Waals surface area contributed by atoms with Gasteiger partial charge in [0.1, 0.15) is 25.0 Å². The van der Waals surface area contributed by atoms with Gasteiger partial charge in [0.05, 0.1) is 5.02 Å². The number of amides is 2. The molecule has 1 aliphatic heterocycles. The molecule has 2 heterocycles. The van der Waals surface area contributed by atoms with E-state index < -0.39 is 11.9 Å². The van der Waals surface area contributed by atoms with E-state index in [9.17, 15) is 18.8 Å². The molecular formula is C25H25ClFN3O4. The van der Waals surface area contributed by atoms with Crippen LogP contribution in [0.2, 0.25) is 5.02 Å². The van der Waals surface area contributed by atoms with E-state index in [-0.39, 0.29) is 47.9 Å². The van der Waals surface area contributed by atoms with Crippen LogP contribution in [0.3, 0.4) is 0 Å². The predicted molar refractivity (Wildman–Crippen MR) is 126 cm³/mol. The zero-order chi connectivity index (χ0) is 24.2. The van der Waals surface area contributed by atoms with E-state index in [0.29, 0.717) is 24.9 Å². The molecule has 2 amide bonds. The molecule has 1 atom stereocenters. The molecule has 7 nitrogen and oxygen atoms in total. The SMILES string of the molecule is COCC(=O)c1cn(CC(=O)N2CCCC2C(=O)NCc2cccc(Cl)c2F)c2ccccc12. The number of nitrogens with zero attached hydrogens (tertiary/aromatic N) is 2. The van der Waals surface area contributed by atoms with Crippen molar-refractivity contribution in [2.75, 3.05) is 20.3 Å². The lowest BCUT2D eigenvalue weighted by Gasteiger charge is -2.24. The number of para-hydroxylation sites is 1. The molecule has 1 N–H and O–H groups in total. The zero-order valence-electron chi connectivity index (χ0n) is 18.7. The fraction of sp³-hybridized carbons (Fsp3) is 0.320. The van der Waals surface area contributed by atoms with E-state index >= 15 is 0 Å². The van der Waals surface area contributed by atoms with Gasteiger partial charge in [0.15, 0.2) is 5.78 Å². The second-order valence-electron chi connectivity index (χ2n) is 8.22. The van der Waals surface area contributed by atoms with E-state index in [1.807, 2.05) is 24.3 Å².